The molecule has 0 saturated heterocycles. The molecule has 0 N–H and O–H groups in total. The maximum absolute atomic E-state index is 10.7. The molecule has 1 nitrogen and oxygen atoms in total. The highest BCUT2D eigenvalue weighted by atomic mass is 35.5. The fraction of sp³-hybridized carbons (Fsp3) is 0.192. The van der Waals surface area contributed by atoms with Crippen molar-refractivity contribution in [1.29, 1.82) is 0 Å². The highest BCUT2D eigenvalue weighted by Crippen LogP contribution is 2.34. The van der Waals surface area contributed by atoms with Crippen LogP contribution < -0.4 is 0 Å². The summed E-state index contributed by atoms with van der Waals surface area (Å²) < 4.78 is 0. The van der Waals surface area contributed by atoms with Gasteiger partial charge in [0, 0.05) is 10.6 Å². The SMILES string of the molecule is O=[C]c1ccc(C2=CCC(Cc3ccccc3-c3ccc(Cl)cc3)CC2)cc1. The minimum absolute atomic E-state index is 0.608. The molecule has 3 aromatic carbocycles. The maximum Gasteiger partial charge on any atom is 0.233 e. The Bertz CT molecular complexity index is 984. The number of carbonyl (C=O) groups excluding carboxylic acids is 1. The number of hydrogen-bond acceptors (Lipinski definition) is 1. The Kier molecular flexibility index (Phi) is 5.73. The van der Waals surface area contributed by atoms with E-state index in [9.17, 15) is 4.79 Å². The average Bonchev–Trinajstić information content (AvgIpc) is 2.75. The van der Waals surface area contributed by atoms with E-state index < -0.39 is 0 Å². The molecule has 0 bridgehead atoms. The van der Waals surface area contributed by atoms with E-state index in [1.165, 1.54) is 34.2 Å². The second-order valence-corrected chi connectivity index (χ2v) is 7.85. The quantitative estimate of drug-likeness (QED) is 0.467. The van der Waals surface area contributed by atoms with Gasteiger partial charge in [0.15, 0.2) is 0 Å². The lowest BCUT2D eigenvalue weighted by atomic mass is 9.82. The van der Waals surface area contributed by atoms with Crippen LogP contribution in [0.1, 0.15) is 36.0 Å². The third-order valence-corrected chi connectivity index (χ3v) is 5.83. The first-order chi connectivity index (χ1) is 13.7. The van der Waals surface area contributed by atoms with E-state index in [-0.39, 0.29) is 0 Å². The van der Waals surface area contributed by atoms with E-state index in [1.54, 1.807) is 0 Å². The molecule has 139 valence electrons. The lowest BCUT2D eigenvalue weighted by Crippen LogP contribution is -2.09. The van der Waals surface area contributed by atoms with Crippen LogP contribution in [0.5, 0.6) is 0 Å². The predicted molar refractivity (Wildman–Crippen MR) is 117 cm³/mol. The largest absolute Gasteiger partial charge is 0.285 e. The monoisotopic (exact) mass is 385 g/mol. The van der Waals surface area contributed by atoms with Gasteiger partial charge in [0.05, 0.1) is 0 Å². The molecule has 1 radical (unpaired) electrons. The van der Waals surface area contributed by atoms with Crippen molar-refractivity contribution in [1.82, 2.24) is 0 Å². The highest BCUT2D eigenvalue weighted by Gasteiger charge is 2.17. The molecule has 0 amide bonds. The van der Waals surface area contributed by atoms with Gasteiger partial charge in [-0.05, 0) is 71.6 Å². The third kappa shape index (κ3) is 4.26. The van der Waals surface area contributed by atoms with E-state index >= 15 is 0 Å². The molecule has 28 heavy (non-hydrogen) atoms. The number of allylic oxidation sites excluding steroid dienone is 2. The molecule has 2 heteroatoms. The summed E-state index contributed by atoms with van der Waals surface area (Å²) in [6.07, 6.45) is 8.75. The van der Waals surface area contributed by atoms with Crippen LogP contribution >= 0.6 is 11.6 Å². The topological polar surface area (TPSA) is 17.1 Å². The van der Waals surface area contributed by atoms with Crippen molar-refractivity contribution >= 4 is 23.5 Å². The smallest absolute Gasteiger partial charge is 0.233 e. The van der Waals surface area contributed by atoms with Crippen LogP contribution in [0.25, 0.3) is 16.7 Å². The fourth-order valence-electron chi connectivity index (χ4n) is 4.01. The van der Waals surface area contributed by atoms with Crippen LogP contribution in [0.2, 0.25) is 5.02 Å². The first-order valence-corrected chi connectivity index (χ1v) is 10.1. The van der Waals surface area contributed by atoms with E-state index in [0.29, 0.717) is 11.5 Å². The lowest BCUT2D eigenvalue weighted by Gasteiger charge is -2.23. The summed E-state index contributed by atoms with van der Waals surface area (Å²) in [7, 11) is 0. The minimum atomic E-state index is 0.608. The molecule has 0 saturated carbocycles. The zero-order valence-corrected chi connectivity index (χ0v) is 16.5. The van der Waals surface area contributed by atoms with Crippen LogP contribution in [-0.4, -0.2) is 6.29 Å². The van der Waals surface area contributed by atoms with Gasteiger partial charge in [-0.2, -0.15) is 0 Å². The molecule has 0 heterocycles. The Balaban J connectivity index is 1.48. The first-order valence-electron chi connectivity index (χ1n) is 9.74. The molecule has 0 aliphatic heterocycles. The van der Waals surface area contributed by atoms with Crippen molar-refractivity contribution in [3.63, 3.8) is 0 Å². The zero-order chi connectivity index (χ0) is 19.3. The van der Waals surface area contributed by atoms with Crippen LogP contribution in [0.15, 0.2) is 78.9 Å². The van der Waals surface area contributed by atoms with Gasteiger partial charge in [-0.25, -0.2) is 0 Å². The van der Waals surface area contributed by atoms with Gasteiger partial charge in [0.25, 0.3) is 0 Å². The molecule has 0 fully saturated rings. The molecule has 1 aliphatic rings. The molecule has 4 rings (SSSR count). The van der Waals surface area contributed by atoms with Gasteiger partial charge >= 0.3 is 0 Å². The average molecular weight is 386 g/mol. The van der Waals surface area contributed by atoms with Crippen LogP contribution in [0.4, 0.5) is 0 Å². The second kappa shape index (κ2) is 8.58. The summed E-state index contributed by atoms with van der Waals surface area (Å²) in [6, 6.07) is 24.5. The van der Waals surface area contributed by atoms with Crippen molar-refractivity contribution in [2.75, 3.05) is 0 Å². The van der Waals surface area contributed by atoms with E-state index in [4.69, 9.17) is 11.6 Å². The van der Waals surface area contributed by atoms with Crippen molar-refractivity contribution in [3.05, 3.63) is 101 Å². The summed E-state index contributed by atoms with van der Waals surface area (Å²) in [6.45, 7) is 0. The number of halogens is 1. The number of hydrogen-bond donors (Lipinski definition) is 0. The number of benzene rings is 3. The van der Waals surface area contributed by atoms with Crippen LogP contribution in [0.3, 0.4) is 0 Å². The normalized spacial score (nSPS) is 16.5. The first kappa shape index (κ1) is 18.7. The van der Waals surface area contributed by atoms with Gasteiger partial charge in [0.2, 0.25) is 6.29 Å². The molecule has 1 aliphatic carbocycles. The van der Waals surface area contributed by atoms with Crippen molar-refractivity contribution in [2.24, 2.45) is 5.92 Å². The maximum atomic E-state index is 10.7. The minimum Gasteiger partial charge on any atom is -0.285 e. The second-order valence-electron chi connectivity index (χ2n) is 7.42. The molecular weight excluding hydrogens is 364 g/mol. The van der Waals surface area contributed by atoms with Crippen molar-refractivity contribution < 1.29 is 4.79 Å². The predicted octanol–water partition coefficient (Wildman–Crippen LogP) is 6.89. The zero-order valence-electron chi connectivity index (χ0n) is 15.7. The summed E-state index contributed by atoms with van der Waals surface area (Å²) in [5, 5.41) is 0.769. The van der Waals surface area contributed by atoms with Gasteiger partial charge in [0.1, 0.15) is 0 Å². The van der Waals surface area contributed by atoms with Gasteiger partial charge in [-0.1, -0.05) is 78.3 Å². The summed E-state index contributed by atoms with van der Waals surface area (Å²) >= 11 is 6.05. The van der Waals surface area contributed by atoms with Crippen molar-refractivity contribution in [3.8, 4) is 11.1 Å². The van der Waals surface area contributed by atoms with Crippen LogP contribution in [0, 0.1) is 5.92 Å². The van der Waals surface area contributed by atoms with E-state index in [0.717, 1.165) is 24.3 Å². The Hall–Kier alpha value is -2.64. The van der Waals surface area contributed by atoms with E-state index in [2.05, 4.69) is 42.5 Å². The van der Waals surface area contributed by atoms with E-state index in [1.807, 2.05) is 42.7 Å². The lowest BCUT2D eigenvalue weighted by molar-refractivity contribution is 0.483. The summed E-state index contributed by atoms with van der Waals surface area (Å²) in [4.78, 5) is 10.7. The molecule has 1 unspecified atom stereocenters. The standard InChI is InChI=1S/C26H22ClO/c27-25-15-13-23(14-16-25)26-4-2-1-3-24(26)17-19-5-9-21(10-6-19)22-11-7-20(18-28)8-12-22/h1-4,7-9,11-16,19H,5-6,10,17H2. The van der Waals surface area contributed by atoms with Gasteiger partial charge < -0.3 is 0 Å². The summed E-state index contributed by atoms with van der Waals surface area (Å²) in [5.74, 6) is 0.653. The molecular formula is C26H22ClO. The Labute approximate surface area is 171 Å². The molecule has 0 spiro atoms. The van der Waals surface area contributed by atoms with Crippen molar-refractivity contribution in [2.45, 2.75) is 25.7 Å². The molecule has 1 atom stereocenters. The highest BCUT2D eigenvalue weighted by molar-refractivity contribution is 6.30. The van der Waals surface area contributed by atoms with Crippen LogP contribution in [-0.2, 0) is 11.2 Å². The Morgan fingerprint density at radius 1 is 0.893 bits per heavy atom. The fourth-order valence-corrected chi connectivity index (χ4v) is 4.13. The Morgan fingerprint density at radius 2 is 1.61 bits per heavy atom. The Morgan fingerprint density at radius 3 is 2.29 bits per heavy atom. The number of rotatable bonds is 5. The molecule has 0 aromatic heterocycles. The van der Waals surface area contributed by atoms with Gasteiger partial charge in [-0.15, -0.1) is 0 Å². The van der Waals surface area contributed by atoms with Gasteiger partial charge in [-0.3, -0.25) is 4.79 Å². The third-order valence-electron chi connectivity index (χ3n) is 5.57. The summed E-state index contributed by atoms with van der Waals surface area (Å²) in [5.41, 5.74) is 7.14. The molecule has 3 aromatic rings.